The number of rotatable bonds is 3. The summed E-state index contributed by atoms with van der Waals surface area (Å²) >= 11 is 0. The number of nitrogens with zero attached hydrogens (tertiary/aromatic N) is 2. The largest absolute Gasteiger partial charge is 0.325 e. The van der Waals surface area contributed by atoms with Gasteiger partial charge in [-0.25, -0.2) is 9.18 Å². The van der Waals surface area contributed by atoms with E-state index in [1.807, 2.05) is 21.9 Å². The Morgan fingerprint density at radius 2 is 1.59 bits per heavy atom. The third kappa shape index (κ3) is 3.79. The molecule has 0 aliphatic carbocycles. The summed E-state index contributed by atoms with van der Waals surface area (Å²) < 4.78 is 13.0. The molecule has 1 fully saturated rings. The molecule has 22 heavy (non-hydrogen) atoms. The third-order valence-corrected chi connectivity index (χ3v) is 4.44. The van der Waals surface area contributed by atoms with Crippen LogP contribution in [0.1, 0.15) is 52.0 Å². The Kier molecular flexibility index (Phi) is 5.43. The number of likely N-dealkylation sites (tertiary alicyclic amines) is 1. The number of amides is 2. The average molecular weight is 306 g/mol. The van der Waals surface area contributed by atoms with E-state index in [2.05, 4.69) is 27.7 Å². The number of benzene rings is 1. The molecule has 0 spiro atoms. The monoisotopic (exact) mass is 306 g/mol. The summed E-state index contributed by atoms with van der Waals surface area (Å²) in [4.78, 5) is 16.6. The summed E-state index contributed by atoms with van der Waals surface area (Å²) in [6.45, 7) is 9.78. The highest BCUT2D eigenvalue weighted by atomic mass is 19.1. The molecule has 0 unspecified atom stereocenters. The number of urea groups is 1. The maximum absolute atomic E-state index is 13.0. The molecule has 1 saturated heterocycles. The summed E-state index contributed by atoms with van der Waals surface area (Å²) in [7, 11) is 0. The number of carbonyl (C=O) groups excluding carboxylic acids is 1. The molecule has 3 nitrogen and oxygen atoms in total. The molecule has 1 heterocycles. The molecule has 1 aliphatic rings. The van der Waals surface area contributed by atoms with Crippen molar-refractivity contribution in [3.63, 3.8) is 0 Å². The van der Waals surface area contributed by atoms with Crippen molar-refractivity contribution in [1.29, 1.82) is 0 Å². The molecule has 0 bridgehead atoms. The Bertz CT molecular complexity index is 482. The molecule has 0 radical (unpaired) electrons. The highest BCUT2D eigenvalue weighted by Gasteiger charge is 2.29. The normalized spacial score (nSPS) is 16.4. The Balaban J connectivity index is 1.96. The molecule has 4 heteroatoms. The van der Waals surface area contributed by atoms with E-state index in [1.54, 1.807) is 0 Å². The fraction of sp³-hybridized carbons (Fsp3) is 0.611. The minimum atomic E-state index is -0.194. The summed E-state index contributed by atoms with van der Waals surface area (Å²) in [5.41, 5.74) is 1.18. The van der Waals surface area contributed by atoms with Crippen LogP contribution in [0.2, 0.25) is 0 Å². The van der Waals surface area contributed by atoms with Crippen molar-refractivity contribution in [3.05, 3.63) is 35.6 Å². The second-order valence-electron chi connectivity index (χ2n) is 6.69. The lowest BCUT2D eigenvalue weighted by Crippen LogP contribution is -2.51. The molecule has 1 aromatic carbocycles. The molecule has 0 atom stereocenters. The molecule has 0 aromatic heterocycles. The lowest BCUT2D eigenvalue weighted by atomic mass is 9.89. The van der Waals surface area contributed by atoms with Crippen LogP contribution in [0.5, 0.6) is 0 Å². The van der Waals surface area contributed by atoms with Crippen molar-refractivity contribution in [2.45, 2.75) is 58.5 Å². The number of halogens is 1. The van der Waals surface area contributed by atoms with Crippen LogP contribution in [-0.4, -0.2) is 41.0 Å². The lowest BCUT2D eigenvalue weighted by molar-refractivity contribution is 0.114. The van der Waals surface area contributed by atoms with Crippen LogP contribution in [0.15, 0.2) is 24.3 Å². The molecule has 1 aliphatic heterocycles. The fourth-order valence-corrected chi connectivity index (χ4v) is 3.34. The molecular weight excluding hydrogens is 279 g/mol. The van der Waals surface area contributed by atoms with Crippen molar-refractivity contribution in [2.24, 2.45) is 0 Å². The summed E-state index contributed by atoms with van der Waals surface area (Å²) in [6.07, 6.45) is 1.89. The van der Waals surface area contributed by atoms with Gasteiger partial charge in [0.25, 0.3) is 0 Å². The van der Waals surface area contributed by atoms with Crippen LogP contribution in [0.25, 0.3) is 0 Å². The SMILES string of the molecule is CC(C)N(C(=O)N1CCC(c2ccc(F)cc2)CC1)C(C)C. The molecular formula is C18H27FN2O. The predicted molar refractivity (Wildman–Crippen MR) is 87.5 cm³/mol. The predicted octanol–water partition coefficient (Wildman–Crippen LogP) is 4.24. The van der Waals surface area contributed by atoms with Gasteiger partial charge in [-0.15, -0.1) is 0 Å². The number of hydrogen-bond acceptors (Lipinski definition) is 1. The number of carbonyl (C=O) groups is 1. The van der Waals surface area contributed by atoms with Crippen LogP contribution < -0.4 is 0 Å². The molecule has 122 valence electrons. The van der Waals surface area contributed by atoms with Crippen molar-refractivity contribution in [3.8, 4) is 0 Å². The minimum absolute atomic E-state index is 0.141. The summed E-state index contributed by atoms with van der Waals surface area (Å²) in [6, 6.07) is 7.34. The Labute approximate surface area is 133 Å². The van der Waals surface area contributed by atoms with Crippen molar-refractivity contribution in [1.82, 2.24) is 9.80 Å². The molecule has 2 amide bonds. The van der Waals surface area contributed by atoms with E-state index in [-0.39, 0.29) is 23.9 Å². The van der Waals surface area contributed by atoms with Gasteiger partial charge in [-0.05, 0) is 64.2 Å². The Morgan fingerprint density at radius 3 is 2.05 bits per heavy atom. The van der Waals surface area contributed by atoms with Crippen LogP contribution in [-0.2, 0) is 0 Å². The Morgan fingerprint density at radius 1 is 1.09 bits per heavy atom. The van der Waals surface area contributed by atoms with Crippen LogP contribution in [0.4, 0.5) is 9.18 Å². The first-order valence-corrected chi connectivity index (χ1v) is 8.23. The van der Waals surface area contributed by atoms with E-state index in [4.69, 9.17) is 0 Å². The average Bonchev–Trinajstić information content (AvgIpc) is 2.47. The number of piperidine rings is 1. The topological polar surface area (TPSA) is 23.6 Å². The zero-order chi connectivity index (χ0) is 16.3. The highest BCUT2D eigenvalue weighted by molar-refractivity contribution is 5.75. The quantitative estimate of drug-likeness (QED) is 0.819. The van der Waals surface area contributed by atoms with Gasteiger partial charge in [0.2, 0.25) is 0 Å². The van der Waals surface area contributed by atoms with Gasteiger partial charge in [-0.1, -0.05) is 12.1 Å². The zero-order valence-electron chi connectivity index (χ0n) is 14.1. The first-order chi connectivity index (χ1) is 10.4. The van der Waals surface area contributed by atoms with Gasteiger partial charge in [-0.2, -0.15) is 0 Å². The van der Waals surface area contributed by atoms with Gasteiger partial charge < -0.3 is 9.80 Å². The lowest BCUT2D eigenvalue weighted by Gasteiger charge is -2.39. The molecule has 1 aromatic rings. The van der Waals surface area contributed by atoms with E-state index in [0.29, 0.717) is 5.92 Å². The van der Waals surface area contributed by atoms with Crippen LogP contribution in [0.3, 0.4) is 0 Å². The van der Waals surface area contributed by atoms with Gasteiger partial charge in [0, 0.05) is 25.2 Å². The third-order valence-electron chi connectivity index (χ3n) is 4.44. The molecule has 0 N–H and O–H groups in total. The van der Waals surface area contributed by atoms with E-state index in [1.165, 1.54) is 17.7 Å². The second kappa shape index (κ2) is 7.12. The summed E-state index contributed by atoms with van der Waals surface area (Å²) in [5, 5.41) is 0. The Hall–Kier alpha value is -1.58. The number of hydrogen-bond donors (Lipinski definition) is 0. The second-order valence-corrected chi connectivity index (χ2v) is 6.69. The van der Waals surface area contributed by atoms with Crippen LogP contribution >= 0.6 is 0 Å². The van der Waals surface area contributed by atoms with Crippen molar-refractivity contribution < 1.29 is 9.18 Å². The van der Waals surface area contributed by atoms with E-state index in [9.17, 15) is 9.18 Å². The molecule has 0 saturated carbocycles. The van der Waals surface area contributed by atoms with Crippen molar-refractivity contribution in [2.75, 3.05) is 13.1 Å². The van der Waals surface area contributed by atoms with E-state index >= 15 is 0 Å². The van der Waals surface area contributed by atoms with Gasteiger partial charge in [-0.3, -0.25) is 0 Å². The fourth-order valence-electron chi connectivity index (χ4n) is 3.34. The van der Waals surface area contributed by atoms with Gasteiger partial charge in [0.1, 0.15) is 5.82 Å². The smallest absolute Gasteiger partial charge is 0.320 e. The standard InChI is InChI=1S/C18H27FN2O/c1-13(2)21(14(3)4)18(22)20-11-9-16(10-12-20)15-5-7-17(19)8-6-15/h5-8,13-14,16H,9-12H2,1-4H3. The van der Waals surface area contributed by atoms with Gasteiger partial charge >= 0.3 is 6.03 Å². The van der Waals surface area contributed by atoms with Gasteiger partial charge in [0.05, 0.1) is 0 Å². The van der Waals surface area contributed by atoms with Crippen molar-refractivity contribution >= 4 is 6.03 Å². The maximum atomic E-state index is 13.0. The van der Waals surface area contributed by atoms with E-state index in [0.717, 1.165) is 25.9 Å². The van der Waals surface area contributed by atoms with Crippen LogP contribution in [0, 0.1) is 5.82 Å². The maximum Gasteiger partial charge on any atom is 0.320 e. The first-order valence-electron chi connectivity index (χ1n) is 8.23. The highest BCUT2D eigenvalue weighted by Crippen LogP contribution is 2.29. The van der Waals surface area contributed by atoms with Gasteiger partial charge in [0.15, 0.2) is 0 Å². The zero-order valence-corrected chi connectivity index (χ0v) is 14.1. The summed E-state index contributed by atoms with van der Waals surface area (Å²) in [5.74, 6) is 0.233. The van der Waals surface area contributed by atoms with E-state index < -0.39 is 0 Å². The molecule has 2 rings (SSSR count). The first kappa shape index (κ1) is 16.8. The minimum Gasteiger partial charge on any atom is -0.325 e.